The van der Waals surface area contributed by atoms with Gasteiger partial charge in [-0.3, -0.25) is 0 Å². The Morgan fingerprint density at radius 3 is 2.69 bits per heavy atom. The van der Waals surface area contributed by atoms with Gasteiger partial charge in [0.1, 0.15) is 0 Å². The molecule has 2 nitrogen and oxygen atoms in total. The molecule has 1 fully saturated rings. The maximum Gasteiger partial charge on any atom is 0.0727 e. The van der Waals surface area contributed by atoms with E-state index < -0.39 is 0 Å². The molecule has 1 aliphatic rings. The molecule has 0 radical (unpaired) electrons. The van der Waals surface area contributed by atoms with E-state index in [4.69, 9.17) is 18.0 Å². The molecule has 0 aliphatic heterocycles. The summed E-state index contributed by atoms with van der Waals surface area (Å²) < 4.78 is 0. The van der Waals surface area contributed by atoms with Crippen molar-refractivity contribution >= 4 is 17.2 Å². The van der Waals surface area contributed by atoms with Crippen LogP contribution in [0.2, 0.25) is 0 Å². The van der Waals surface area contributed by atoms with E-state index in [9.17, 15) is 0 Å². The molecule has 0 heterocycles. The third-order valence-electron chi connectivity index (χ3n) is 2.79. The number of hydrogen-bond acceptors (Lipinski definition) is 2. The summed E-state index contributed by atoms with van der Waals surface area (Å²) in [6.07, 6.45) is 3.41. The van der Waals surface area contributed by atoms with Crippen molar-refractivity contribution in [2.24, 2.45) is 17.6 Å². The monoisotopic (exact) mass is 200 g/mol. The Morgan fingerprint density at radius 2 is 2.23 bits per heavy atom. The number of hydrogen-bond donors (Lipinski definition) is 1. The Labute approximate surface area is 86.5 Å². The molecule has 13 heavy (non-hydrogen) atoms. The van der Waals surface area contributed by atoms with Crippen molar-refractivity contribution in [1.29, 1.82) is 0 Å². The summed E-state index contributed by atoms with van der Waals surface area (Å²) in [4.78, 5) is 3.04. The van der Waals surface area contributed by atoms with Crippen molar-refractivity contribution < 1.29 is 0 Å². The Hall–Kier alpha value is -0.150. The van der Waals surface area contributed by atoms with E-state index >= 15 is 0 Å². The second-order valence-electron chi connectivity index (χ2n) is 4.31. The van der Waals surface area contributed by atoms with Gasteiger partial charge in [-0.2, -0.15) is 0 Å². The maximum absolute atomic E-state index is 5.43. The molecule has 2 atom stereocenters. The van der Waals surface area contributed by atoms with Crippen LogP contribution in [0.1, 0.15) is 26.2 Å². The van der Waals surface area contributed by atoms with Gasteiger partial charge >= 0.3 is 0 Å². The largest absolute Gasteiger partial charge is 0.393 e. The van der Waals surface area contributed by atoms with Gasteiger partial charge in [-0.25, -0.2) is 0 Å². The quantitative estimate of drug-likeness (QED) is 0.661. The zero-order chi connectivity index (χ0) is 9.84. The van der Waals surface area contributed by atoms with Crippen molar-refractivity contribution in [3.05, 3.63) is 0 Å². The second kappa shape index (κ2) is 4.91. The first-order chi connectivity index (χ1) is 6.09. The summed E-state index contributed by atoms with van der Waals surface area (Å²) in [5, 5.41) is 0. The predicted molar refractivity (Wildman–Crippen MR) is 60.8 cm³/mol. The Kier molecular flexibility index (Phi) is 4.13. The lowest BCUT2D eigenvalue weighted by Gasteiger charge is -2.15. The third-order valence-corrected chi connectivity index (χ3v) is 2.99. The zero-order valence-electron chi connectivity index (χ0n) is 8.62. The van der Waals surface area contributed by atoms with Gasteiger partial charge in [0.05, 0.1) is 4.99 Å². The van der Waals surface area contributed by atoms with Crippen LogP contribution in [-0.2, 0) is 0 Å². The minimum Gasteiger partial charge on any atom is -0.393 e. The maximum atomic E-state index is 5.43. The van der Waals surface area contributed by atoms with Crippen LogP contribution in [0, 0.1) is 11.8 Å². The van der Waals surface area contributed by atoms with Gasteiger partial charge in [0.25, 0.3) is 0 Å². The molecule has 0 aromatic rings. The molecule has 76 valence electrons. The highest BCUT2D eigenvalue weighted by molar-refractivity contribution is 7.80. The van der Waals surface area contributed by atoms with Crippen molar-refractivity contribution in [3.8, 4) is 0 Å². The van der Waals surface area contributed by atoms with Crippen LogP contribution in [0.5, 0.6) is 0 Å². The van der Waals surface area contributed by atoms with E-state index in [1.165, 1.54) is 13.0 Å². The highest BCUT2D eigenvalue weighted by Gasteiger charge is 2.32. The summed E-state index contributed by atoms with van der Waals surface area (Å²) >= 11 is 4.83. The average molecular weight is 200 g/mol. The van der Waals surface area contributed by atoms with Crippen LogP contribution in [0.3, 0.4) is 0 Å². The topological polar surface area (TPSA) is 29.3 Å². The molecule has 0 saturated heterocycles. The van der Waals surface area contributed by atoms with Crippen molar-refractivity contribution in [1.82, 2.24) is 4.90 Å². The summed E-state index contributed by atoms with van der Waals surface area (Å²) in [5.74, 6) is 1.91. The minimum absolute atomic E-state index is 0.646. The molecule has 3 heteroatoms. The number of thiocarbonyl (C=S) groups is 1. The molecule has 0 spiro atoms. The molecular weight excluding hydrogens is 180 g/mol. The molecule has 0 amide bonds. The average Bonchev–Trinajstić information content (AvgIpc) is 2.65. The normalized spacial score (nSPS) is 26.4. The molecule has 0 bridgehead atoms. The van der Waals surface area contributed by atoms with Crippen LogP contribution >= 0.6 is 12.2 Å². The molecular formula is C10H20N2S. The van der Waals surface area contributed by atoms with Gasteiger partial charge in [-0.15, -0.1) is 0 Å². The minimum atomic E-state index is 0.646. The van der Waals surface area contributed by atoms with E-state index in [1.807, 2.05) is 0 Å². The summed E-state index contributed by atoms with van der Waals surface area (Å²) in [6, 6.07) is 0. The van der Waals surface area contributed by atoms with E-state index in [1.54, 1.807) is 0 Å². The lowest BCUT2D eigenvalue weighted by Crippen LogP contribution is -2.23. The molecule has 1 aliphatic carbocycles. The molecule has 2 N–H and O–H groups in total. The van der Waals surface area contributed by atoms with Gasteiger partial charge < -0.3 is 10.6 Å². The molecule has 0 aromatic carbocycles. The van der Waals surface area contributed by atoms with E-state index in [2.05, 4.69) is 18.9 Å². The van der Waals surface area contributed by atoms with Gasteiger partial charge in [-0.1, -0.05) is 19.1 Å². The van der Waals surface area contributed by atoms with Gasteiger partial charge in [-0.05, 0) is 44.7 Å². The Bertz CT molecular complexity index is 182. The molecule has 0 aromatic heterocycles. The summed E-state index contributed by atoms with van der Waals surface area (Å²) in [5.41, 5.74) is 5.43. The Balaban J connectivity index is 1.98. The van der Waals surface area contributed by atoms with E-state index in [0.717, 1.165) is 31.2 Å². The Morgan fingerprint density at radius 1 is 1.62 bits per heavy atom. The summed E-state index contributed by atoms with van der Waals surface area (Å²) in [6.45, 7) is 4.70. The lowest BCUT2D eigenvalue weighted by atomic mass is 10.2. The summed E-state index contributed by atoms with van der Waals surface area (Å²) in [7, 11) is 2.19. The van der Waals surface area contributed by atoms with Gasteiger partial charge in [0.2, 0.25) is 0 Å². The van der Waals surface area contributed by atoms with E-state index in [0.29, 0.717) is 4.99 Å². The van der Waals surface area contributed by atoms with Crippen LogP contribution in [0.25, 0.3) is 0 Å². The third kappa shape index (κ3) is 4.58. The van der Waals surface area contributed by atoms with Crippen LogP contribution in [0.15, 0.2) is 0 Å². The first kappa shape index (κ1) is 10.9. The van der Waals surface area contributed by atoms with Crippen molar-refractivity contribution in [2.75, 3.05) is 20.1 Å². The van der Waals surface area contributed by atoms with Crippen LogP contribution < -0.4 is 5.73 Å². The predicted octanol–water partition coefficient (Wildman–Crippen LogP) is 1.64. The zero-order valence-corrected chi connectivity index (χ0v) is 9.44. The molecule has 1 rings (SSSR count). The fraction of sp³-hybridized carbons (Fsp3) is 0.900. The number of nitrogens with two attached hydrogens (primary N) is 1. The van der Waals surface area contributed by atoms with Gasteiger partial charge in [0, 0.05) is 6.54 Å². The fourth-order valence-electron chi connectivity index (χ4n) is 1.67. The molecule has 2 unspecified atom stereocenters. The number of nitrogens with zero attached hydrogens (tertiary/aromatic N) is 1. The highest BCUT2D eigenvalue weighted by atomic mass is 32.1. The highest BCUT2D eigenvalue weighted by Crippen LogP contribution is 2.37. The lowest BCUT2D eigenvalue weighted by molar-refractivity contribution is 0.313. The second-order valence-corrected chi connectivity index (χ2v) is 4.83. The first-order valence-electron chi connectivity index (χ1n) is 5.06. The number of rotatable bonds is 6. The smallest absolute Gasteiger partial charge is 0.0727 e. The van der Waals surface area contributed by atoms with Gasteiger partial charge in [0.15, 0.2) is 0 Å². The van der Waals surface area contributed by atoms with Crippen molar-refractivity contribution in [3.63, 3.8) is 0 Å². The molecule has 1 saturated carbocycles. The van der Waals surface area contributed by atoms with Crippen LogP contribution in [-0.4, -0.2) is 30.0 Å². The SMILES string of the molecule is CC1CC1CN(C)CCCC(N)=S. The van der Waals surface area contributed by atoms with Crippen molar-refractivity contribution in [2.45, 2.75) is 26.2 Å². The van der Waals surface area contributed by atoms with E-state index in [-0.39, 0.29) is 0 Å². The standard InChI is InChI=1S/C10H20N2S/c1-8-6-9(8)7-12(2)5-3-4-10(11)13/h8-9H,3-7H2,1-2H3,(H2,11,13). The van der Waals surface area contributed by atoms with Crippen LogP contribution in [0.4, 0.5) is 0 Å². The fourth-order valence-corrected chi connectivity index (χ4v) is 1.81. The first-order valence-corrected chi connectivity index (χ1v) is 5.47.